The molecule has 1 amide bonds. The quantitative estimate of drug-likeness (QED) is 0.602. The summed E-state index contributed by atoms with van der Waals surface area (Å²) in [7, 11) is 0. The largest absolute Gasteiger partial charge is 0.488 e. The maximum atomic E-state index is 12.6. The molecule has 0 saturated carbocycles. The first-order valence-electron chi connectivity index (χ1n) is 8.42. The molecule has 3 aromatic carbocycles. The Morgan fingerprint density at radius 3 is 2.50 bits per heavy atom. The summed E-state index contributed by atoms with van der Waals surface area (Å²) in [5, 5.41) is 2.96. The van der Waals surface area contributed by atoms with Gasteiger partial charge in [-0.15, -0.1) is 0 Å². The normalized spacial score (nSPS) is 10.4. The highest BCUT2D eigenvalue weighted by molar-refractivity contribution is 9.10. The third kappa shape index (κ3) is 4.96. The molecule has 132 valence electrons. The van der Waals surface area contributed by atoms with Crippen LogP contribution in [-0.4, -0.2) is 5.91 Å². The molecule has 4 heteroatoms. The number of aryl methyl sites for hydroxylation is 1. The topological polar surface area (TPSA) is 38.3 Å². The first-order chi connectivity index (χ1) is 12.6. The van der Waals surface area contributed by atoms with Crippen molar-refractivity contribution in [3.63, 3.8) is 0 Å². The van der Waals surface area contributed by atoms with Gasteiger partial charge < -0.3 is 10.1 Å². The molecule has 3 rings (SSSR count). The predicted octanol–water partition coefficient (Wildman–Crippen LogP) is 5.27. The van der Waals surface area contributed by atoms with Gasteiger partial charge in [-0.1, -0.05) is 70.0 Å². The summed E-state index contributed by atoms with van der Waals surface area (Å²) in [6.45, 7) is 2.93. The summed E-state index contributed by atoms with van der Waals surface area (Å²) in [5.41, 5.74) is 3.84. The van der Waals surface area contributed by atoms with Crippen molar-refractivity contribution in [1.29, 1.82) is 0 Å². The monoisotopic (exact) mass is 409 g/mol. The molecule has 1 N–H and O–H groups in total. The highest BCUT2D eigenvalue weighted by Crippen LogP contribution is 2.20. The van der Waals surface area contributed by atoms with Gasteiger partial charge in [0.2, 0.25) is 0 Å². The van der Waals surface area contributed by atoms with Gasteiger partial charge in [0.1, 0.15) is 12.4 Å². The summed E-state index contributed by atoms with van der Waals surface area (Å²) in [6.07, 6.45) is 0. The summed E-state index contributed by atoms with van der Waals surface area (Å²) in [4.78, 5) is 12.6. The van der Waals surface area contributed by atoms with E-state index in [1.807, 2.05) is 73.7 Å². The molecular weight excluding hydrogens is 390 g/mol. The first-order valence-corrected chi connectivity index (χ1v) is 9.21. The van der Waals surface area contributed by atoms with Crippen LogP contribution in [0.4, 0.5) is 0 Å². The fourth-order valence-electron chi connectivity index (χ4n) is 2.55. The zero-order valence-electron chi connectivity index (χ0n) is 14.5. The van der Waals surface area contributed by atoms with Crippen LogP contribution < -0.4 is 10.1 Å². The molecule has 0 aliphatic carbocycles. The molecule has 26 heavy (non-hydrogen) atoms. The fraction of sp³-hybridized carbons (Fsp3) is 0.136. The molecule has 0 aliphatic heterocycles. The van der Waals surface area contributed by atoms with Crippen LogP contribution in [0.25, 0.3) is 0 Å². The number of amides is 1. The molecule has 0 fully saturated rings. The second kappa shape index (κ2) is 8.68. The van der Waals surface area contributed by atoms with Crippen molar-refractivity contribution in [3.05, 3.63) is 99.5 Å². The summed E-state index contributed by atoms with van der Waals surface area (Å²) >= 11 is 3.45. The average molecular weight is 410 g/mol. The lowest BCUT2D eigenvalue weighted by Crippen LogP contribution is -2.23. The average Bonchev–Trinajstić information content (AvgIpc) is 2.66. The third-order valence-electron chi connectivity index (χ3n) is 3.99. The van der Waals surface area contributed by atoms with E-state index in [2.05, 4.69) is 21.2 Å². The van der Waals surface area contributed by atoms with Crippen LogP contribution in [-0.2, 0) is 13.2 Å². The van der Waals surface area contributed by atoms with E-state index in [0.29, 0.717) is 24.5 Å². The Morgan fingerprint density at radius 1 is 0.962 bits per heavy atom. The number of nitrogens with one attached hydrogen (secondary N) is 1. The van der Waals surface area contributed by atoms with E-state index < -0.39 is 0 Å². The number of rotatable bonds is 6. The van der Waals surface area contributed by atoms with Crippen molar-refractivity contribution in [2.45, 2.75) is 20.1 Å². The maximum Gasteiger partial charge on any atom is 0.255 e. The number of carbonyl (C=O) groups excluding carboxylic acids is 1. The summed E-state index contributed by atoms with van der Waals surface area (Å²) < 4.78 is 6.89. The number of benzene rings is 3. The van der Waals surface area contributed by atoms with E-state index in [1.165, 1.54) is 5.56 Å². The number of halogens is 1. The van der Waals surface area contributed by atoms with Crippen molar-refractivity contribution in [3.8, 4) is 5.75 Å². The highest BCUT2D eigenvalue weighted by atomic mass is 79.9. The summed E-state index contributed by atoms with van der Waals surface area (Å²) in [5.74, 6) is 0.435. The van der Waals surface area contributed by atoms with Crippen molar-refractivity contribution in [1.82, 2.24) is 5.32 Å². The molecule has 0 atom stereocenters. The van der Waals surface area contributed by atoms with Gasteiger partial charge in [-0.3, -0.25) is 4.79 Å². The molecule has 0 spiro atoms. The molecule has 0 aromatic heterocycles. The van der Waals surface area contributed by atoms with Gasteiger partial charge in [-0.05, 0) is 42.3 Å². The van der Waals surface area contributed by atoms with E-state index in [1.54, 1.807) is 6.07 Å². The Morgan fingerprint density at radius 2 is 1.73 bits per heavy atom. The van der Waals surface area contributed by atoms with Crippen LogP contribution in [0.15, 0.2) is 77.3 Å². The second-order valence-corrected chi connectivity index (χ2v) is 7.00. The van der Waals surface area contributed by atoms with Crippen LogP contribution in [0.1, 0.15) is 27.0 Å². The Kier molecular flexibility index (Phi) is 6.08. The molecule has 0 radical (unpaired) electrons. The lowest BCUT2D eigenvalue weighted by Gasteiger charge is -2.12. The smallest absolute Gasteiger partial charge is 0.255 e. The number of carbonyl (C=O) groups is 1. The van der Waals surface area contributed by atoms with Crippen molar-refractivity contribution in [2.75, 3.05) is 0 Å². The molecule has 3 nitrogen and oxygen atoms in total. The van der Waals surface area contributed by atoms with E-state index in [9.17, 15) is 4.79 Å². The molecule has 0 saturated heterocycles. The standard InChI is InChI=1S/C22H20BrNO2/c1-16-9-11-17(12-10-16)14-24-22(25)20-7-2-3-8-21(20)26-15-18-5-4-6-19(23)13-18/h2-13H,14-15H2,1H3,(H,24,25). The number of hydrogen-bond acceptors (Lipinski definition) is 2. The van der Waals surface area contributed by atoms with Gasteiger partial charge in [0.15, 0.2) is 0 Å². The van der Waals surface area contributed by atoms with Crippen LogP contribution in [0.3, 0.4) is 0 Å². The molecule has 0 unspecified atom stereocenters. The SMILES string of the molecule is Cc1ccc(CNC(=O)c2ccccc2OCc2cccc(Br)c2)cc1. The minimum atomic E-state index is -0.143. The first kappa shape index (κ1) is 18.2. The van der Waals surface area contributed by atoms with E-state index in [4.69, 9.17) is 4.74 Å². The van der Waals surface area contributed by atoms with Crippen LogP contribution in [0, 0.1) is 6.92 Å². The Balaban J connectivity index is 1.65. The minimum Gasteiger partial charge on any atom is -0.488 e. The highest BCUT2D eigenvalue weighted by Gasteiger charge is 2.12. The number of para-hydroxylation sites is 1. The van der Waals surface area contributed by atoms with Gasteiger partial charge in [-0.25, -0.2) is 0 Å². The lowest BCUT2D eigenvalue weighted by molar-refractivity contribution is 0.0946. The van der Waals surface area contributed by atoms with Gasteiger partial charge in [-0.2, -0.15) is 0 Å². The maximum absolute atomic E-state index is 12.6. The van der Waals surface area contributed by atoms with Gasteiger partial charge in [0, 0.05) is 11.0 Å². The molecular formula is C22H20BrNO2. The van der Waals surface area contributed by atoms with Gasteiger partial charge in [0.05, 0.1) is 5.56 Å². The molecule has 0 aliphatic rings. The van der Waals surface area contributed by atoms with E-state index in [-0.39, 0.29) is 5.91 Å². The molecule has 3 aromatic rings. The Hall–Kier alpha value is -2.59. The predicted molar refractivity (Wildman–Crippen MR) is 107 cm³/mol. The Bertz CT molecular complexity index is 891. The fourth-order valence-corrected chi connectivity index (χ4v) is 3.00. The van der Waals surface area contributed by atoms with Crippen LogP contribution >= 0.6 is 15.9 Å². The molecule has 0 heterocycles. The minimum absolute atomic E-state index is 0.143. The number of hydrogen-bond donors (Lipinski definition) is 1. The van der Waals surface area contributed by atoms with E-state index >= 15 is 0 Å². The van der Waals surface area contributed by atoms with Gasteiger partial charge >= 0.3 is 0 Å². The lowest BCUT2D eigenvalue weighted by atomic mass is 10.1. The Labute approximate surface area is 162 Å². The third-order valence-corrected chi connectivity index (χ3v) is 4.48. The zero-order valence-corrected chi connectivity index (χ0v) is 16.1. The van der Waals surface area contributed by atoms with Crippen molar-refractivity contribution < 1.29 is 9.53 Å². The van der Waals surface area contributed by atoms with E-state index in [0.717, 1.165) is 15.6 Å². The number of ether oxygens (including phenoxy) is 1. The second-order valence-electron chi connectivity index (χ2n) is 6.08. The summed E-state index contributed by atoms with van der Waals surface area (Å²) in [6, 6.07) is 23.3. The van der Waals surface area contributed by atoms with Crippen LogP contribution in [0.5, 0.6) is 5.75 Å². The van der Waals surface area contributed by atoms with Crippen molar-refractivity contribution in [2.24, 2.45) is 0 Å². The molecule has 0 bridgehead atoms. The van der Waals surface area contributed by atoms with Crippen molar-refractivity contribution >= 4 is 21.8 Å². The zero-order chi connectivity index (χ0) is 18.4. The van der Waals surface area contributed by atoms with Gasteiger partial charge in [0.25, 0.3) is 5.91 Å². The van der Waals surface area contributed by atoms with Crippen LogP contribution in [0.2, 0.25) is 0 Å².